The van der Waals surface area contributed by atoms with Crippen molar-refractivity contribution in [3.8, 4) is 17.6 Å². The largest absolute Gasteiger partial charge is 0.490 e. The van der Waals surface area contributed by atoms with Gasteiger partial charge in [0, 0.05) is 5.69 Å². The van der Waals surface area contributed by atoms with Gasteiger partial charge in [-0.3, -0.25) is 4.79 Å². The number of carbonyl (C=O) groups is 1. The summed E-state index contributed by atoms with van der Waals surface area (Å²) in [4.78, 5) is 12.3. The highest BCUT2D eigenvalue weighted by Crippen LogP contribution is 2.30. The van der Waals surface area contributed by atoms with Crippen molar-refractivity contribution in [2.24, 2.45) is 0 Å². The summed E-state index contributed by atoms with van der Waals surface area (Å²) in [5.74, 6) is -1.53. The third-order valence-corrected chi connectivity index (χ3v) is 3.63. The van der Waals surface area contributed by atoms with Gasteiger partial charge in [-0.05, 0) is 48.9 Å². The van der Waals surface area contributed by atoms with E-state index in [4.69, 9.17) is 16.3 Å². The molecule has 0 aliphatic heterocycles. The molecule has 28 heavy (non-hydrogen) atoms. The van der Waals surface area contributed by atoms with Crippen molar-refractivity contribution < 1.29 is 27.4 Å². The summed E-state index contributed by atoms with van der Waals surface area (Å²) in [6.07, 6.45) is 1.25. The van der Waals surface area contributed by atoms with Gasteiger partial charge < -0.3 is 14.8 Å². The molecule has 0 fully saturated rings. The third kappa shape index (κ3) is 5.66. The van der Waals surface area contributed by atoms with Crippen LogP contribution in [0.5, 0.6) is 11.5 Å². The smallest absolute Gasteiger partial charge is 0.387 e. The minimum atomic E-state index is -3.02. The molecule has 0 saturated carbocycles. The van der Waals surface area contributed by atoms with Crippen molar-refractivity contribution in [2.75, 3.05) is 11.9 Å². The van der Waals surface area contributed by atoms with E-state index in [1.54, 1.807) is 13.0 Å². The summed E-state index contributed by atoms with van der Waals surface area (Å²) in [6, 6.07) is 9.31. The Morgan fingerprint density at radius 1 is 1.29 bits per heavy atom. The molecule has 0 aliphatic carbocycles. The SMILES string of the molecule is CCOc1cc(/C=C(/C#N)C(=O)Nc2ccc(F)c(Cl)c2)ccc1OC(F)F. The molecular weight excluding hydrogens is 397 g/mol. The number of anilines is 1. The number of amides is 1. The lowest BCUT2D eigenvalue weighted by atomic mass is 10.1. The number of nitriles is 1. The van der Waals surface area contributed by atoms with Crippen molar-refractivity contribution in [2.45, 2.75) is 13.5 Å². The lowest BCUT2D eigenvalue weighted by Crippen LogP contribution is -2.13. The van der Waals surface area contributed by atoms with E-state index in [-0.39, 0.29) is 34.4 Å². The van der Waals surface area contributed by atoms with Crippen LogP contribution < -0.4 is 14.8 Å². The predicted molar refractivity (Wildman–Crippen MR) is 97.9 cm³/mol. The lowest BCUT2D eigenvalue weighted by Gasteiger charge is -2.12. The molecule has 0 saturated heterocycles. The Morgan fingerprint density at radius 2 is 2.04 bits per heavy atom. The van der Waals surface area contributed by atoms with Gasteiger partial charge in [0.15, 0.2) is 11.5 Å². The summed E-state index contributed by atoms with van der Waals surface area (Å²) >= 11 is 5.65. The first-order chi connectivity index (χ1) is 13.3. The number of rotatable bonds is 7. The fraction of sp³-hybridized carbons (Fsp3) is 0.158. The molecule has 0 heterocycles. The second kappa shape index (κ2) is 9.67. The number of halogens is 4. The maximum absolute atomic E-state index is 13.2. The first-order valence-corrected chi connectivity index (χ1v) is 8.31. The fourth-order valence-electron chi connectivity index (χ4n) is 2.16. The highest BCUT2D eigenvalue weighted by molar-refractivity contribution is 6.31. The molecule has 146 valence electrons. The van der Waals surface area contributed by atoms with E-state index in [1.807, 2.05) is 0 Å². The number of ether oxygens (including phenoxy) is 2. The molecule has 0 radical (unpaired) electrons. The van der Waals surface area contributed by atoms with Crippen LogP contribution in [-0.4, -0.2) is 19.1 Å². The third-order valence-electron chi connectivity index (χ3n) is 3.34. The first kappa shape index (κ1) is 21.1. The van der Waals surface area contributed by atoms with Crippen molar-refractivity contribution >= 4 is 29.3 Å². The minimum Gasteiger partial charge on any atom is -0.490 e. The van der Waals surface area contributed by atoms with Gasteiger partial charge in [0.2, 0.25) is 0 Å². The Morgan fingerprint density at radius 3 is 2.64 bits per heavy atom. The number of nitrogens with one attached hydrogen (secondary N) is 1. The van der Waals surface area contributed by atoms with Crippen LogP contribution in [0.15, 0.2) is 42.0 Å². The van der Waals surface area contributed by atoms with E-state index in [9.17, 15) is 23.2 Å². The standard InChI is InChI=1S/C19H14ClF3N2O3/c1-2-27-17-8-11(3-6-16(17)28-19(22)23)7-12(10-24)18(26)25-13-4-5-15(21)14(20)9-13/h3-9,19H,2H2,1H3,(H,25,26)/b12-7-. The number of nitrogens with zero attached hydrogens (tertiary/aromatic N) is 1. The topological polar surface area (TPSA) is 71.3 Å². The lowest BCUT2D eigenvalue weighted by molar-refractivity contribution is -0.112. The maximum Gasteiger partial charge on any atom is 0.387 e. The molecule has 2 rings (SSSR count). The van der Waals surface area contributed by atoms with Crippen LogP contribution in [-0.2, 0) is 4.79 Å². The summed E-state index contributed by atoms with van der Waals surface area (Å²) in [5, 5.41) is 11.5. The van der Waals surface area contributed by atoms with Crippen molar-refractivity contribution in [1.29, 1.82) is 5.26 Å². The van der Waals surface area contributed by atoms with Gasteiger partial charge in [0.25, 0.3) is 5.91 Å². The van der Waals surface area contributed by atoms with Gasteiger partial charge in [-0.15, -0.1) is 0 Å². The number of hydrogen-bond donors (Lipinski definition) is 1. The summed E-state index contributed by atoms with van der Waals surface area (Å²) < 4.78 is 47.7. The molecule has 0 spiro atoms. The zero-order chi connectivity index (χ0) is 20.7. The Labute approximate surface area is 163 Å². The second-order valence-corrected chi connectivity index (χ2v) is 5.68. The Hall–Kier alpha value is -3.18. The Balaban J connectivity index is 2.27. The molecule has 0 bridgehead atoms. The van der Waals surface area contributed by atoms with Gasteiger partial charge in [0.1, 0.15) is 17.5 Å². The molecule has 1 N–H and O–H groups in total. The van der Waals surface area contributed by atoms with E-state index in [0.717, 1.165) is 6.07 Å². The normalized spacial score (nSPS) is 11.1. The maximum atomic E-state index is 13.2. The van der Waals surface area contributed by atoms with Crippen LogP contribution in [0.2, 0.25) is 5.02 Å². The summed E-state index contributed by atoms with van der Waals surface area (Å²) in [6.45, 7) is -1.16. The average molecular weight is 411 g/mol. The molecule has 2 aromatic carbocycles. The van der Waals surface area contributed by atoms with Gasteiger partial charge in [-0.2, -0.15) is 14.0 Å². The van der Waals surface area contributed by atoms with Gasteiger partial charge in [0.05, 0.1) is 11.6 Å². The van der Waals surface area contributed by atoms with Crippen molar-refractivity contribution in [1.82, 2.24) is 0 Å². The van der Waals surface area contributed by atoms with Gasteiger partial charge in [-0.25, -0.2) is 4.39 Å². The average Bonchev–Trinajstić information content (AvgIpc) is 2.64. The molecule has 0 aromatic heterocycles. The van der Waals surface area contributed by atoms with Crippen LogP contribution in [0.1, 0.15) is 12.5 Å². The van der Waals surface area contributed by atoms with Crippen LogP contribution in [0, 0.1) is 17.1 Å². The van der Waals surface area contributed by atoms with Crippen LogP contribution in [0.25, 0.3) is 6.08 Å². The van der Waals surface area contributed by atoms with Crippen LogP contribution >= 0.6 is 11.6 Å². The number of hydrogen-bond acceptors (Lipinski definition) is 4. The van der Waals surface area contributed by atoms with Crippen molar-refractivity contribution in [3.63, 3.8) is 0 Å². The number of carbonyl (C=O) groups excluding carboxylic acids is 1. The molecule has 2 aromatic rings. The minimum absolute atomic E-state index is 0.0413. The second-order valence-electron chi connectivity index (χ2n) is 5.27. The summed E-state index contributed by atoms with van der Waals surface area (Å²) in [7, 11) is 0. The number of alkyl halides is 2. The zero-order valence-corrected chi connectivity index (χ0v) is 15.3. The quantitative estimate of drug-likeness (QED) is 0.513. The Kier molecular flexibility index (Phi) is 7.29. The van der Waals surface area contributed by atoms with Crippen LogP contribution in [0.4, 0.5) is 18.9 Å². The van der Waals surface area contributed by atoms with E-state index in [1.165, 1.54) is 36.4 Å². The molecule has 5 nitrogen and oxygen atoms in total. The fourth-order valence-corrected chi connectivity index (χ4v) is 2.34. The molecule has 0 atom stereocenters. The van der Waals surface area contributed by atoms with Crippen molar-refractivity contribution in [3.05, 3.63) is 58.4 Å². The Bertz CT molecular complexity index is 943. The monoisotopic (exact) mass is 410 g/mol. The highest BCUT2D eigenvalue weighted by Gasteiger charge is 2.14. The highest BCUT2D eigenvalue weighted by atomic mass is 35.5. The van der Waals surface area contributed by atoms with E-state index in [0.29, 0.717) is 5.56 Å². The van der Waals surface area contributed by atoms with E-state index in [2.05, 4.69) is 10.1 Å². The predicted octanol–water partition coefficient (Wildman–Crippen LogP) is 5.02. The first-order valence-electron chi connectivity index (χ1n) is 7.94. The summed E-state index contributed by atoms with van der Waals surface area (Å²) in [5.41, 5.74) is 0.285. The number of benzene rings is 2. The van der Waals surface area contributed by atoms with E-state index >= 15 is 0 Å². The molecular formula is C19H14ClF3N2O3. The molecule has 0 unspecified atom stereocenters. The van der Waals surface area contributed by atoms with Crippen LogP contribution in [0.3, 0.4) is 0 Å². The molecule has 0 aliphatic rings. The van der Waals surface area contributed by atoms with Gasteiger partial charge in [-0.1, -0.05) is 17.7 Å². The van der Waals surface area contributed by atoms with Gasteiger partial charge >= 0.3 is 6.61 Å². The molecule has 1 amide bonds. The van der Waals surface area contributed by atoms with E-state index < -0.39 is 18.3 Å². The zero-order valence-electron chi connectivity index (χ0n) is 14.5. The molecule has 9 heteroatoms.